The van der Waals surface area contributed by atoms with Crippen LogP contribution in [0.15, 0.2) is 36.5 Å². The number of aliphatic hydroxyl groups excluding tert-OH is 1. The molecule has 5 nitrogen and oxygen atoms in total. The van der Waals surface area contributed by atoms with Gasteiger partial charge in [0.05, 0.1) is 6.61 Å². The normalized spacial score (nSPS) is 12.4. The van der Waals surface area contributed by atoms with Crippen LogP contribution in [0.2, 0.25) is 0 Å². The molecule has 5 heteroatoms. The lowest BCUT2D eigenvalue weighted by Crippen LogP contribution is -2.28. The smallest absolute Gasteiger partial charge is 0.306 e. The zero-order chi connectivity index (χ0) is 37.8. The first kappa shape index (κ1) is 50.1. The van der Waals surface area contributed by atoms with Crippen LogP contribution in [-0.2, 0) is 19.1 Å². The fraction of sp³-hybridized carbons (Fsp3) is 0.830. The third-order valence-corrected chi connectivity index (χ3v) is 9.94. The predicted octanol–water partition coefficient (Wildman–Crippen LogP) is 14.4. The molecule has 0 radical (unpaired) electrons. The fourth-order valence-corrected chi connectivity index (χ4v) is 6.51. The molecule has 0 fully saturated rings. The first-order valence-electron chi connectivity index (χ1n) is 22.5. The van der Waals surface area contributed by atoms with Crippen LogP contribution in [-0.4, -0.2) is 36.4 Å². The molecule has 0 aliphatic heterocycles. The van der Waals surface area contributed by atoms with E-state index in [2.05, 4.69) is 50.3 Å². The molecule has 0 aromatic rings. The van der Waals surface area contributed by atoms with E-state index in [1.54, 1.807) is 0 Å². The molecule has 0 saturated heterocycles. The Morgan fingerprint density at radius 3 is 1.21 bits per heavy atom. The van der Waals surface area contributed by atoms with Crippen molar-refractivity contribution in [3.8, 4) is 0 Å². The molecule has 0 unspecified atom stereocenters. The third-order valence-electron chi connectivity index (χ3n) is 9.94. The van der Waals surface area contributed by atoms with E-state index in [0.717, 1.165) is 38.5 Å². The summed E-state index contributed by atoms with van der Waals surface area (Å²) in [5, 5.41) is 9.57. The highest BCUT2D eigenvalue weighted by molar-refractivity contribution is 5.70. The lowest BCUT2D eigenvalue weighted by molar-refractivity contribution is -0.161. The summed E-state index contributed by atoms with van der Waals surface area (Å²) in [5.74, 6) is -0.642. The van der Waals surface area contributed by atoms with E-state index in [0.29, 0.717) is 12.8 Å². The van der Waals surface area contributed by atoms with Gasteiger partial charge in [0.1, 0.15) is 6.61 Å². The second-order valence-corrected chi connectivity index (χ2v) is 15.1. The molecule has 0 aliphatic carbocycles. The zero-order valence-electron chi connectivity index (χ0n) is 34.6. The summed E-state index contributed by atoms with van der Waals surface area (Å²) >= 11 is 0. The lowest BCUT2D eigenvalue weighted by Gasteiger charge is -2.15. The minimum absolute atomic E-state index is 0.0825. The molecule has 0 heterocycles. The first-order valence-corrected chi connectivity index (χ1v) is 22.5. The number of carbonyl (C=O) groups excluding carboxylic acids is 2. The van der Waals surface area contributed by atoms with Crippen molar-refractivity contribution in [2.45, 2.75) is 238 Å². The molecule has 304 valence electrons. The van der Waals surface area contributed by atoms with Crippen molar-refractivity contribution in [3.63, 3.8) is 0 Å². The van der Waals surface area contributed by atoms with Crippen molar-refractivity contribution in [1.82, 2.24) is 0 Å². The molecule has 0 rings (SSSR count). The van der Waals surface area contributed by atoms with Gasteiger partial charge in [-0.25, -0.2) is 0 Å². The van der Waals surface area contributed by atoms with Crippen LogP contribution in [0.1, 0.15) is 232 Å². The number of aliphatic hydroxyl groups is 1. The molecule has 0 aromatic carbocycles. The van der Waals surface area contributed by atoms with Gasteiger partial charge in [-0.3, -0.25) is 9.59 Å². The molecule has 0 aromatic heterocycles. The molecule has 1 N–H and O–H groups in total. The minimum Gasteiger partial charge on any atom is -0.462 e. The SMILES string of the molecule is CCCCCCCC/C=C\C/C=C\C/C=C\CCCC(=O)O[C@@H](CO)COC(=O)CCCCCCCCCCCCCCCCCCCCCCC. The highest BCUT2D eigenvalue weighted by Crippen LogP contribution is 2.16. The van der Waals surface area contributed by atoms with Crippen molar-refractivity contribution in [2.75, 3.05) is 13.2 Å². The molecule has 0 spiro atoms. The Morgan fingerprint density at radius 2 is 0.788 bits per heavy atom. The van der Waals surface area contributed by atoms with Gasteiger partial charge in [0.15, 0.2) is 6.10 Å². The van der Waals surface area contributed by atoms with Gasteiger partial charge in [-0.1, -0.05) is 211 Å². The summed E-state index contributed by atoms with van der Waals surface area (Å²) in [7, 11) is 0. The number of hydrogen-bond donors (Lipinski definition) is 1. The van der Waals surface area contributed by atoms with Crippen LogP contribution >= 0.6 is 0 Å². The van der Waals surface area contributed by atoms with Gasteiger partial charge in [0, 0.05) is 12.8 Å². The van der Waals surface area contributed by atoms with Gasteiger partial charge in [-0.15, -0.1) is 0 Å². The van der Waals surface area contributed by atoms with E-state index >= 15 is 0 Å². The number of allylic oxidation sites excluding steroid dienone is 6. The topological polar surface area (TPSA) is 72.8 Å². The highest BCUT2D eigenvalue weighted by Gasteiger charge is 2.16. The molecule has 52 heavy (non-hydrogen) atoms. The van der Waals surface area contributed by atoms with Crippen LogP contribution in [0, 0.1) is 0 Å². The van der Waals surface area contributed by atoms with Crippen LogP contribution in [0.4, 0.5) is 0 Å². The minimum atomic E-state index is -0.795. The maximum absolute atomic E-state index is 12.2. The van der Waals surface area contributed by atoms with E-state index in [1.807, 2.05) is 0 Å². The molecule has 0 aliphatic rings. The molecule has 0 bridgehead atoms. The summed E-state index contributed by atoms with van der Waals surface area (Å²) in [6.45, 7) is 4.11. The van der Waals surface area contributed by atoms with Gasteiger partial charge in [-0.2, -0.15) is 0 Å². The first-order chi connectivity index (χ1) is 25.6. The average molecular weight is 731 g/mol. The second-order valence-electron chi connectivity index (χ2n) is 15.1. The quantitative estimate of drug-likeness (QED) is 0.0385. The molecular weight excluding hydrogens is 645 g/mol. The third kappa shape index (κ3) is 40.9. The molecule has 0 amide bonds. The Hall–Kier alpha value is -1.88. The van der Waals surface area contributed by atoms with Crippen molar-refractivity contribution in [2.24, 2.45) is 0 Å². The van der Waals surface area contributed by atoms with Gasteiger partial charge in [-0.05, 0) is 44.9 Å². The van der Waals surface area contributed by atoms with E-state index in [9.17, 15) is 14.7 Å². The van der Waals surface area contributed by atoms with Crippen LogP contribution in [0.5, 0.6) is 0 Å². The fourth-order valence-electron chi connectivity index (χ4n) is 6.51. The van der Waals surface area contributed by atoms with E-state index < -0.39 is 6.10 Å². The number of unbranched alkanes of at least 4 members (excludes halogenated alkanes) is 27. The summed E-state index contributed by atoms with van der Waals surface area (Å²) in [4.78, 5) is 24.3. The number of ether oxygens (including phenoxy) is 2. The van der Waals surface area contributed by atoms with Crippen molar-refractivity contribution in [1.29, 1.82) is 0 Å². The molecular formula is C47H86O5. The standard InChI is InChI=1S/C47H86O5/c1-3-5-7-9-11-13-15-17-19-21-22-23-24-26-27-29-31-33-35-37-39-41-46(49)51-44-45(43-48)52-47(50)42-40-38-36-34-32-30-28-25-20-18-16-14-12-10-8-6-4-2/h18,20,28,30,34,36,45,48H,3-17,19,21-27,29,31-33,35,37-44H2,1-2H3/b20-18-,30-28-,36-34-/t45-/m0/s1. The largest absolute Gasteiger partial charge is 0.462 e. The maximum Gasteiger partial charge on any atom is 0.306 e. The average Bonchev–Trinajstić information content (AvgIpc) is 3.15. The second kappa shape index (κ2) is 43.5. The van der Waals surface area contributed by atoms with Crippen LogP contribution in [0.3, 0.4) is 0 Å². The van der Waals surface area contributed by atoms with E-state index in [1.165, 1.54) is 161 Å². The highest BCUT2D eigenvalue weighted by atomic mass is 16.6. The van der Waals surface area contributed by atoms with Gasteiger partial charge in [0.25, 0.3) is 0 Å². The number of hydrogen-bond acceptors (Lipinski definition) is 5. The molecule has 0 saturated carbocycles. The Bertz CT molecular complexity index is 832. The van der Waals surface area contributed by atoms with E-state index in [-0.39, 0.29) is 31.6 Å². The monoisotopic (exact) mass is 731 g/mol. The maximum atomic E-state index is 12.2. The summed E-state index contributed by atoms with van der Waals surface area (Å²) < 4.78 is 10.6. The van der Waals surface area contributed by atoms with Crippen molar-refractivity contribution < 1.29 is 24.2 Å². The van der Waals surface area contributed by atoms with E-state index in [4.69, 9.17) is 9.47 Å². The Labute approximate surface area is 323 Å². The van der Waals surface area contributed by atoms with Gasteiger partial charge in [0.2, 0.25) is 0 Å². The summed E-state index contributed by atoms with van der Waals surface area (Å²) in [6.07, 6.45) is 53.7. The predicted molar refractivity (Wildman–Crippen MR) is 224 cm³/mol. The zero-order valence-corrected chi connectivity index (χ0v) is 34.6. The summed E-state index contributed by atoms with van der Waals surface area (Å²) in [5.41, 5.74) is 0. The number of carbonyl (C=O) groups is 2. The number of esters is 2. The Balaban J connectivity index is 3.55. The van der Waals surface area contributed by atoms with Crippen molar-refractivity contribution >= 4 is 11.9 Å². The Morgan fingerprint density at radius 1 is 0.442 bits per heavy atom. The number of rotatable bonds is 41. The lowest BCUT2D eigenvalue weighted by atomic mass is 10.0. The van der Waals surface area contributed by atoms with Crippen LogP contribution in [0.25, 0.3) is 0 Å². The van der Waals surface area contributed by atoms with Gasteiger partial charge < -0.3 is 14.6 Å². The Kier molecular flexibility index (Phi) is 42.0. The summed E-state index contributed by atoms with van der Waals surface area (Å²) in [6, 6.07) is 0. The molecule has 1 atom stereocenters. The van der Waals surface area contributed by atoms with Gasteiger partial charge >= 0.3 is 11.9 Å². The van der Waals surface area contributed by atoms with Crippen molar-refractivity contribution in [3.05, 3.63) is 36.5 Å². The van der Waals surface area contributed by atoms with Crippen LogP contribution < -0.4 is 0 Å².